The normalized spacial score (nSPS) is 11.2. The van der Waals surface area contributed by atoms with Crippen LogP contribution >= 0.6 is 11.3 Å². The molecular formula is C18H15N5O3S. The second kappa shape index (κ2) is 6.13. The minimum atomic E-state index is -0.488. The topological polar surface area (TPSA) is 90.1 Å². The molecule has 0 unspecified atom stereocenters. The van der Waals surface area contributed by atoms with Crippen LogP contribution in [-0.4, -0.2) is 32.1 Å². The van der Waals surface area contributed by atoms with E-state index in [4.69, 9.17) is 0 Å². The molecule has 0 aliphatic heterocycles. The molecule has 0 saturated carbocycles. The summed E-state index contributed by atoms with van der Waals surface area (Å²) < 4.78 is 3.25. The van der Waals surface area contributed by atoms with Crippen molar-refractivity contribution in [1.82, 2.24) is 19.1 Å². The molecule has 0 aliphatic rings. The van der Waals surface area contributed by atoms with Crippen molar-refractivity contribution in [3.05, 3.63) is 62.9 Å². The molecule has 0 spiro atoms. The van der Waals surface area contributed by atoms with E-state index >= 15 is 0 Å². The average molecular weight is 381 g/mol. The molecular weight excluding hydrogens is 366 g/mol. The third-order valence-corrected chi connectivity index (χ3v) is 5.53. The van der Waals surface area contributed by atoms with Crippen LogP contribution < -0.4 is 16.1 Å². The number of benzene rings is 1. The van der Waals surface area contributed by atoms with E-state index in [1.54, 1.807) is 7.05 Å². The molecule has 3 heterocycles. The van der Waals surface area contributed by atoms with Gasteiger partial charge in [0.05, 0.1) is 21.2 Å². The van der Waals surface area contributed by atoms with Gasteiger partial charge in [-0.25, -0.2) is 14.8 Å². The van der Waals surface area contributed by atoms with Crippen molar-refractivity contribution < 1.29 is 4.79 Å². The fourth-order valence-corrected chi connectivity index (χ4v) is 3.79. The molecule has 4 rings (SSSR count). The first-order chi connectivity index (χ1) is 12.9. The second-order valence-electron chi connectivity index (χ2n) is 6.13. The number of carbonyl (C=O) groups is 1. The molecule has 0 bridgehead atoms. The van der Waals surface area contributed by atoms with Crippen LogP contribution in [0.5, 0.6) is 0 Å². The van der Waals surface area contributed by atoms with Crippen LogP contribution in [0.15, 0.2) is 46.1 Å². The van der Waals surface area contributed by atoms with Gasteiger partial charge in [-0.3, -0.25) is 23.6 Å². The number of fused-ring (bicyclic) bond motifs is 2. The van der Waals surface area contributed by atoms with Crippen LogP contribution in [-0.2, 0) is 14.1 Å². The fraction of sp³-hybridized carbons (Fsp3) is 0.167. The quantitative estimate of drug-likeness (QED) is 0.525. The van der Waals surface area contributed by atoms with Crippen molar-refractivity contribution in [2.24, 2.45) is 14.1 Å². The molecule has 0 radical (unpaired) electrons. The minimum Gasteiger partial charge on any atom is -0.287 e. The lowest BCUT2D eigenvalue weighted by atomic mass is 10.2. The number of para-hydroxylation sites is 1. The van der Waals surface area contributed by atoms with Gasteiger partial charge >= 0.3 is 5.69 Å². The highest BCUT2D eigenvalue weighted by molar-refractivity contribution is 7.22. The number of thiazole rings is 1. The number of amides is 1. The van der Waals surface area contributed by atoms with E-state index in [1.165, 1.54) is 47.2 Å². The van der Waals surface area contributed by atoms with Crippen LogP contribution in [0.4, 0.5) is 5.13 Å². The number of hydrogen-bond donors (Lipinski definition) is 0. The first-order valence-electron chi connectivity index (χ1n) is 8.08. The van der Waals surface area contributed by atoms with E-state index in [2.05, 4.69) is 9.97 Å². The Labute approximate surface area is 156 Å². The van der Waals surface area contributed by atoms with Gasteiger partial charge in [0.25, 0.3) is 11.5 Å². The van der Waals surface area contributed by atoms with Gasteiger partial charge in [0.15, 0.2) is 5.13 Å². The number of rotatable bonds is 2. The summed E-state index contributed by atoms with van der Waals surface area (Å²) >= 11 is 1.40. The summed E-state index contributed by atoms with van der Waals surface area (Å²) in [6, 6.07) is 9.10. The Morgan fingerprint density at radius 3 is 2.63 bits per heavy atom. The van der Waals surface area contributed by atoms with Crippen LogP contribution in [0.3, 0.4) is 0 Å². The van der Waals surface area contributed by atoms with E-state index in [0.717, 1.165) is 14.8 Å². The third-order valence-electron chi connectivity index (χ3n) is 4.41. The summed E-state index contributed by atoms with van der Waals surface area (Å²) in [7, 11) is 4.56. The van der Waals surface area contributed by atoms with E-state index in [9.17, 15) is 14.4 Å². The summed E-state index contributed by atoms with van der Waals surface area (Å²) in [5.74, 6) is -0.334. The predicted molar refractivity (Wildman–Crippen MR) is 105 cm³/mol. The standard InChI is InChI=1S/C18H15N5O3S/c1-21-14-11(16(25)23(3)18(21)26)8-10(9-19-14)15(24)22(2)17-20-12-6-4-5-7-13(12)27-17/h4-9H,1-3H3. The molecule has 0 saturated heterocycles. The smallest absolute Gasteiger partial charge is 0.287 e. The van der Waals surface area contributed by atoms with Crippen LogP contribution in [0.25, 0.3) is 21.3 Å². The molecule has 0 aliphatic carbocycles. The number of aromatic nitrogens is 4. The Balaban J connectivity index is 1.80. The Morgan fingerprint density at radius 2 is 1.89 bits per heavy atom. The zero-order chi connectivity index (χ0) is 19.3. The molecule has 0 N–H and O–H groups in total. The second-order valence-corrected chi connectivity index (χ2v) is 7.14. The number of hydrogen-bond acceptors (Lipinski definition) is 6. The monoisotopic (exact) mass is 381 g/mol. The van der Waals surface area contributed by atoms with Crippen LogP contribution in [0.2, 0.25) is 0 Å². The SMILES string of the molecule is CN(C(=O)c1cnc2c(c1)c(=O)n(C)c(=O)n2C)c1nc2ccccc2s1. The fourth-order valence-electron chi connectivity index (χ4n) is 2.87. The summed E-state index contributed by atoms with van der Waals surface area (Å²) in [6.45, 7) is 0. The van der Waals surface area contributed by atoms with Gasteiger partial charge in [0, 0.05) is 27.3 Å². The highest BCUT2D eigenvalue weighted by Gasteiger charge is 2.19. The highest BCUT2D eigenvalue weighted by Crippen LogP contribution is 2.28. The van der Waals surface area contributed by atoms with Crippen molar-refractivity contribution in [1.29, 1.82) is 0 Å². The summed E-state index contributed by atoms with van der Waals surface area (Å²) in [5, 5.41) is 0.762. The van der Waals surface area contributed by atoms with E-state index < -0.39 is 11.2 Å². The summed E-state index contributed by atoms with van der Waals surface area (Å²) in [4.78, 5) is 47.4. The largest absolute Gasteiger partial charge is 0.332 e. The number of carbonyl (C=O) groups excluding carboxylic acids is 1. The molecule has 136 valence electrons. The zero-order valence-electron chi connectivity index (χ0n) is 14.8. The van der Waals surface area contributed by atoms with Gasteiger partial charge in [-0.1, -0.05) is 23.5 Å². The van der Waals surface area contributed by atoms with Crippen LogP contribution in [0, 0.1) is 0 Å². The maximum absolute atomic E-state index is 12.9. The molecule has 4 aromatic rings. The third kappa shape index (κ3) is 2.63. The lowest BCUT2D eigenvalue weighted by Crippen LogP contribution is -2.37. The highest BCUT2D eigenvalue weighted by atomic mass is 32.1. The lowest BCUT2D eigenvalue weighted by molar-refractivity contribution is 0.0993. The van der Waals surface area contributed by atoms with Crippen molar-refractivity contribution >= 4 is 43.6 Å². The Morgan fingerprint density at radius 1 is 1.15 bits per heavy atom. The minimum absolute atomic E-state index is 0.211. The predicted octanol–water partition coefficient (Wildman–Crippen LogP) is 1.52. The number of pyridine rings is 1. The Kier molecular flexibility index (Phi) is 3.88. The van der Waals surface area contributed by atoms with Gasteiger partial charge in [-0.05, 0) is 18.2 Å². The number of nitrogens with zero attached hydrogens (tertiary/aromatic N) is 5. The Bertz CT molecular complexity index is 1300. The van der Waals surface area contributed by atoms with Crippen molar-refractivity contribution in [2.45, 2.75) is 0 Å². The van der Waals surface area contributed by atoms with Gasteiger partial charge < -0.3 is 0 Å². The van der Waals surface area contributed by atoms with Crippen molar-refractivity contribution in [2.75, 3.05) is 11.9 Å². The zero-order valence-corrected chi connectivity index (χ0v) is 15.6. The maximum Gasteiger partial charge on any atom is 0.332 e. The van der Waals surface area contributed by atoms with Crippen LogP contribution in [0.1, 0.15) is 10.4 Å². The molecule has 0 fully saturated rings. The van der Waals surface area contributed by atoms with Gasteiger partial charge in [0.2, 0.25) is 0 Å². The number of aryl methyl sites for hydroxylation is 1. The van der Waals surface area contributed by atoms with Crippen molar-refractivity contribution in [3.8, 4) is 0 Å². The molecule has 9 heteroatoms. The van der Waals surface area contributed by atoms with E-state index in [-0.39, 0.29) is 22.5 Å². The molecule has 1 amide bonds. The average Bonchev–Trinajstić information content (AvgIpc) is 3.13. The number of anilines is 1. The van der Waals surface area contributed by atoms with Gasteiger partial charge in [-0.2, -0.15) is 0 Å². The first-order valence-corrected chi connectivity index (χ1v) is 8.89. The van der Waals surface area contributed by atoms with Gasteiger partial charge in [0.1, 0.15) is 5.65 Å². The van der Waals surface area contributed by atoms with E-state index in [1.807, 2.05) is 24.3 Å². The molecule has 0 atom stereocenters. The Hall–Kier alpha value is -3.33. The maximum atomic E-state index is 12.9. The van der Waals surface area contributed by atoms with Gasteiger partial charge in [-0.15, -0.1) is 0 Å². The lowest BCUT2D eigenvalue weighted by Gasteiger charge is -2.14. The molecule has 3 aromatic heterocycles. The molecule has 8 nitrogen and oxygen atoms in total. The molecule has 27 heavy (non-hydrogen) atoms. The van der Waals surface area contributed by atoms with Crippen molar-refractivity contribution in [3.63, 3.8) is 0 Å². The summed E-state index contributed by atoms with van der Waals surface area (Å²) in [6.07, 6.45) is 1.37. The first kappa shape index (κ1) is 17.1. The molecule has 1 aromatic carbocycles. The summed E-state index contributed by atoms with van der Waals surface area (Å²) in [5.41, 5.74) is 0.350. The van der Waals surface area contributed by atoms with E-state index in [0.29, 0.717) is 5.13 Å².